The molecule has 16 heavy (non-hydrogen) atoms. The predicted molar refractivity (Wildman–Crippen MR) is 69.6 cm³/mol. The Bertz CT molecular complexity index is 303. The first-order chi connectivity index (χ1) is 7.56. The van der Waals surface area contributed by atoms with Crippen molar-refractivity contribution in [3.63, 3.8) is 0 Å². The summed E-state index contributed by atoms with van der Waals surface area (Å²) in [7, 11) is 0. The lowest BCUT2D eigenvalue weighted by atomic mass is 10.1. The minimum atomic E-state index is 0.0558. The Morgan fingerprint density at radius 2 is 2.00 bits per heavy atom. The summed E-state index contributed by atoms with van der Waals surface area (Å²) in [4.78, 5) is 6.80. The number of aromatic nitrogens is 1. The topological polar surface area (TPSA) is 42.1 Å². The highest BCUT2D eigenvalue weighted by molar-refractivity contribution is 5.40. The molecule has 0 radical (unpaired) electrons. The second-order valence-electron chi connectivity index (χ2n) is 4.53. The lowest BCUT2D eigenvalue weighted by Crippen LogP contribution is -2.32. The first-order valence-corrected chi connectivity index (χ1v) is 6.04. The highest BCUT2D eigenvalue weighted by Crippen LogP contribution is 2.17. The molecular formula is C13H23N3. The molecule has 1 aromatic heterocycles. The van der Waals surface area contributed by atoms with E-state index in [-0.39, 0.29) is 6.04 Å². The molecule has 90 valence electrons. The second-order valence-corrected chi connectivity index (χ2v) is 4.53. The summed E-state index contributed by atoms with van der Waals surface area (Å²) < 4.78 is 0. The number of hydrogen-bond donors (Lipinski definition) is 1. The summed E-state index contributed by atoms with van der Waals surface area (Å²) in [6.07, 6.45) is 3.01. The van der Waals surface area contributed by atoms with Crippen molar-refractivity contribution in [2.24, 2.45) is 5.73 Å². The normalized spacial score (nSPS) is 12.9. The molecule has 0 aliphatic rings. The number of hydrogen-bond acceptors (Lipinski definition) is 3. The standard InChI is InChI=1S/C13H23N3/c1-5-8-16(10(2)3)13-7-6-12(9-15-13)11(4)14/h6-7,9-11H,5,8,14H2,1-4H3/t11-/m0/s1. The van der Waals surface area contributed by atoms with Gasteiger partial charge in [0.25, 0.3) is 0 Å². The third kappa shape index (κ3) is 3.20. The van der Waals surface area contributed by atoms with Crippen molar-refractivity contribution < 1.29 is 0 Å². The van der Waals surface area contributed by atoms with Gasteiger partial charge in [0.05, 0.1) is 0 Å². The van der Waals surface area contributed by atoms with Gasteiger partial charge in [0.15, 0.2) is 0 Å². The maximum absolute atomic E-state index is 5.80. The van der Waals surface area contributed by atoms with Crippen LogP contribution in [0.15, 0.2) is 18.3 Å². The number of anilines is 1. The monoisotopic (exact) mass is 221 g/mol. The van der Waals surface area contributed by atoms with Crippen molar-refractivity contribution in [1.82, 2.24) is 4.98 Å². The van der Waals surface area contributed by atoms with Crippen LogP contribution in [0.5, 0.6) is 0 Å². The zero-order valence-corrected chi connectivity index (χ0v) is 10.8. The van der Waals surface area contributed by atoms with Gasteiger partial charge in [-0.25, -0.2) is 4.98 Å². The molecule has 0 spiro atoms. The summed E-state index contributed by atoms with van der Waals surface area (Å²) in [6.45, 7) is 9.59. The van der Waals surface area contributed by atoms with Gasteiger partial charge < -0.3 is 10.6 Å². The summed E-state index contributed by atoms with van der Waals surface area (Å²) in [5.41, 5.74) is 6.89. The van der Waals surface area contributed by atoms with Crippen molar-refractivity contribution >= 4 is 5.82 Å². The molecule has 0 saturated carbocycles. The van der Waals surface area contributed by atoms with Gasteiger partial charge >= 0.3 is 0 Å². The quantitative estimate of drug-likeness (QED) is 0.831. The molecule has 2 N–H and O–H groups in total. The molecule has 0 bridgehead atoms. The average Bonchev–Trinajstić information content (AvgIpc) is 2.25. The summed E-state index contributed by atoms with van der Waals surface area (Å²) in [5.74, 6) is 1.04. The summed E-state index contributed by atoms with van der Waals surface area (Å²) in [5, 5.41) is 0. The molecular weight excluding hydrogens is 198 g/mol. The molecule has 0 saturated heterocycles. The van der Waals surface area contributed by atoms with Crippen LogP contribution in [0.1, 0.15) is 45.7 Å². The average molecular weight is 221 g/mol. The van der Waals surface area contributed by atoms with Crippen molar-refractivity contribution in [3.05, 3.63) is 23.9 Å². The molecule has 0 aliphatic carbocycles. The minimum Gasteiger partial charge on any atom is -0.354 e. The Hall–Kier alpha value is -1.09. The molecule has 0 unspecified atom stereocenters. The van der Waals surface area contributed by atoms with Crippen LogP contribution in [0, 0.1) is 0 Å². The Balaban J connectivity index is 2.85. The van der Waals surface area contributed by atoms with Crippen LogP contribution in [0.2, 0.25) is 0 Å². The lowest BCUT2D eigenvalue weighted by Gasteiger charge is -2.27. The van der Waals surface area contributed by atoms with Crippen LogP contribution in [0.25, 0.3) is 0 Å². The Kier molecular flexibility index (Phi) is 4.74. The fraction of sp³-hybridized carbons (Fsp3) is 0.615. The molecule has 1 aromatic rings. The van der Waals surface area contributed by atoms with Crippen molar-refractivity contribution in [3.8, 4) is 0 Å². The highest BCUT2D eigenvalue weighted by atomic mass is 15.2. The van der Waals surface area contributed by atoms with E-state index in [4.69, 9.17) is 5.73 Å². The Labute approximate surface area is 98.7 Å². The van der Waals surface area contributed by atoms with Crippen LogP contribution in [0.4, 0.5) is 5.82 Å². The molecule has 3 heteroatoms. The Morgan fingerprint density at radius 3 is 2.38 bits per heavy atom. The lowest BCUT2D eigenvalue weighted by molar-refractivity contribution is 0.661. The molecule has 0 aliphatic heterocycles. The van der Waals surface area contributed by atoms with E-state index >= 15 is 0 Å². The van der Waals surface area contributed by atoms with E-state index in [2.05, 4.69) is 42.8 Å². The van der Waals surface area contributed by atoms with Crippen LogP contribution in [-0.2, 0) is 0 Å². The Morgan fingerprint density at radius 1 is 1.31 bits per heavy atom. The van der Waals surface area contributed by atoms with Crippen LogP contribution < -0.4 is 10.6 Å². The summed E-state index contributed by atoms with van der Waals surface area (Å²) >= 11 is 0. The SMILES string of the molecule is CCCN(c1ccc([C@H](C)N)cn1)C(C)C. The maximum Gasteiger partial charge on any atom is 0.128 e. The van der Waals surface area contributed by atoms with Crippen LogP contribution >= 0.6 is 0 Å². The largest absolute Gasteiger partial charge is 0.354 e. The fourth-order valence-corrected chi connectivity index (χ4v) is 1.71. The van der Waals surface area contributed by atoms with E-state index in [0.29, 0.717) is 6.04 Å². The van der Waals surface area contributed by atoms with Crippen molar-refractivity contribution in [1.29, 1.82) is 0 Å². The summed E-state index contributed by atoms with van der Waals surface area (Å²) in [6, 6.07) is 4.67. The molecule has 1 atom stereocenters. The van der Waals surface area contributed by atoms with Gasteiger partial charge in [-0.2, -0.15) is 0 Å². The van der Waals surface area contributed by atoms with Gasteiger partial charge in [0.1, 0.15) is 5.82 Å². The second kappa shape index (κ2) is 5.85. The third-order valence-electron chi connectivity index (χ3n) is 2.68. The van der Waals surface area contributed by atoms with Crippen molar-refractivity contribution in [2.45, 2.75) is 46.2 Å². The zero-order valence-electron chi connectivity index (χ0n) is 10.8. The van der Waals surface area contributed by atoms with Crippen LogP contribution in [0.3, 0.4) is 0 Å². The molecule has 1 rings (SSSR count). The van der Waals surface area contributed by atoms with Gasteiger partial charge in [0.2, 0.25) is 0 Å². The van der Waals surface area contributed by atoms with Gasteiger partial charge in [-0.3, -0.25) is 0 Å². The van der Waals surface area contributed by atoms with Gasteiger partial charge in [-0.1, -0.05) is 13.0 Å². The number of nitrogens with two attached hydrogens (primary N) is 1. The number of pyridine rings is 1. The van der Waals surface area contributed by atoms with E-state index in [1.807, 2.05) is 13.1 Å². The smallest absolute Gasteiger partial charge is 0.128 e. The molecule has 0 amide bonds. The van der Waals surface area contributed by atoms with E-state index in [0.717, 1.165) is 24.3 Å². The van der Waals surface area contributed by atoms with Crippen molar-refractivity contribution in [2.75, 3.05) is 11.4 Å². The van der Waals surface area contributed by atoms with Gasteiger partial charge in [-0.05, 0) is 38.8 Å². The highest BCUT2D eigenvalue weighted by Gasteiger charge is 2.10. The van der Waals surface area contributed by atoms with E-state index < -0.39 is 0 Å². The van der Waals surface area contributed by atoms with E-state index in [1.54, 1.807) is 0 Å². The number of nitrogens with zero attached hydrogens (tertiary/aromatic N) is 2. The predicted octanol–water partition coefficient (Wildman–Crippen LogP) is 2.73. The zero-order chi connectivity index (χ0) is 12.1. The molecule has 3 nitrogen and oxygen atoms in total. The first-order valence-electron chi connectivity index (χ1n) is 6.04. The fourth-order valence-electron chi connectivity index (χ4n) is 1.71. The third-order valence-corrected chi connectivity index (χ3v) is 2.68. The number of rotatable bonds is 5. The van der Waals surface area contributed by atoms with Gasteiger partial charge in [0, 0.05) is 24.8 Å². The first kappa shape index (κ1) is 13.0. The van der Waals surface area contributed by atoms with Gasteiger partial charge in [-0.15, -0.1) is 0 Å². The van der Waals surface area contributed by atoms with Crippen LogP contribution in [-0.4, -0.2) is 17.6 Å². The minimum absolute atomic E-state index is 0.0558. The van der Waals surface area contributed by atoms with E-state index in [1.165, 1.54) is 0 Å². The molecule has 1 heterocycles. The molecule has 0 aromatic carbocycles. The molecule has 0 fully saturated rings. The van der Waals surface area contributed by atoms with E-state index in [9.17, 15) is 0 Å². The maximum atomic E-state index is 5.80.